The number of halogens is 1. The Morgan fingerprint density at radius 3 is 2.43 bits per heavy atom. The Hall–Kier alpha value is -4.09. The summed E-state index contributed by atoms with van der Waals surface area (Å²) in [6.07, 6.45) is 2.00. The smallest absolute Gasteiger partial charge is 0.407 e. The Labute approximate surface area is 293 Å². The monoisotopic (exact) mass is 691 g/mol. The van der Waals surface area contributed by atoms with Gasteiger partial charge in [0.2, 0.25) is 0 Å². The SMILES string of the molecule is CNC(=O)OCc1ccc(Cl)c(CN(C(=O)C2=C(c3ccc(OCCOc4c(C)cccc4C)cc3)CCN[C@@H]2COCOC)C2CC2)c1. The molecule has 2 amide bonds. The maximum absolute atomic E-state index is 14.6. The van der Waals surface area contributed by atoms with Crippen molar-refractivity contribution in [2.24, 2.45) is 0 Å². The first-order chi connectivity index (χ1) is 23.8. The lowest BCUT2D eigenvalue weighted by molar-refractivity contribution is -0.129. The quantitative estimate of drug-likeness (QED) is 0.135. The van der Waals surface area contributed by atoms with E-state index in [0.29, 0.717) is 43.3 Å². The molecule has 1 aliphatic heterocycles. The normalized spacial score (nSPS) is 15.9. The van der Waals surface area contributed by atoms with Gasteiger partial charge in [0, 0.05) is 37.3 Å². The van der Waals surface area contributed by atoms with Gasteiger partial charge < -0.3 is 39.2 Å². The molecule has 0 radical (unpaired) electrons. The highest BCUT2D eigenvalue weighted by Gasteiger charge is 2.38. The van der Waals surface area contributed by atoms with Gasteiger partial charge in [0.1, 0.15) is 38.1 Å². The van der Waals surface area contributed by atoms with Crippen LogP contribution in [-0.2, 0) is 32.2 Å². The molecule has 1 aliphatic carbocycles. The fourth-order valence-electron chi connectivity index (χ4n) is 6.02. The summed E-state index contributed by atoms with van der Waals surface area (Å²) in [4.78, 5) is 28.2. The van der Waals surface area contributed by atoms with Gasteiger partial charge >= 0.3 is 6.09 Å². The number of benzene rings is 3. The van der Waals surface area contributed by atoms with E-state index in [1.54, 1.807) is 13.2 Å². The molecule has 2 N–H and O–H groups in total. The molecule has 1 atom stereocenters. The molecule has 49 heavy (non-hydrogen) atoms. The van der Waals surface area contributed by atoms with Crippen molar-refractivity contribution in [2.45, 2.75) is 58.3 Å². The molecule has 0 saturated heterocycles. The second-order valence-corrected chi connectivity index (χ2v) is 12.7. The van der Waals surface area contributed by atoms with E-state index in [1.165, 1.54) is 7.05 Å². The van der Waals surface area contributed by atoms with E-state index in [-0.39, 0.29) is 38.0 Å². The predicted molar refractivity (Wildman–Crippen MR) is 189 cm³/mol. The highest BCUT2D eigenvalue weighted by Crippen LogP contribution is 2.36. The molecule has 3 aromatic rings. The Morgan fingerprint density at radius 1 is 1.00 bits per heavy atom. The number of carbonyl (C=O) groups excluding carboxylic acids is 2. The van der Waals surface area contributed by atoms with Crippen LogP contribution in [0.25, 0.3) is 5.57 Å². The molecule has 1 heterocycles. The number of ether oxygens (including phenoxy) is 5. The third kappa shape index (κ3) is 9.76. The van der Waals surface area contributed by atoms with Gasteiger partial charge in [-0.25, -0.2) is 4.79 Å². The van der Waals surface area contributed by atoms with Crippen LogP contribution in [0.5, 0.6) is 11.5 Å². The van der Waals surface area contributed by atoms with Gasteiger partial charge in [0.15, 0.2) is 0 Å². The number of nitrogens with one attached hydrogen (secondary N) is 2. The van der Waals surface area contributed by atoms with Gasteiger partial charge in [-0.1, -0.05) is 48.0 Å². The van der Waals surface area contributed by atoms with E-state index in [1.807, 2.05) is 73.3 Å². The van der Waals surface area contributed by atoms with E-state index in [9.17, 15) is 9.59 Å². The van der Waals surface area contributed by atoms with Crippen molar-refractivity contribution in [3.05, 3.63) is 99.1 Å². The molecular weight excluding hydrogens is 646 g/mol. The summed E-state index contributed by atoms with van der Waals surface area (Å²) in [6, 6.07) is 19.3. The van der Waals surface area contributed by atoms with Crippen molar-refractivity contribution in [1.29, 1.82) is 0 Å². The van der Waals surface area contributed by atoms with E-state index in [4.69, 9.17) is 35.3 Å². The zero-order chi connectivity index (χ0) is 34.8. The summed E-state index contributed by atoms with van der Waals surface area (Å²) in [6.45, 7) is 6.43. The van der Waals surface area contributed by atoms with E-state index in [0.717, 1.165) is 57.7 Å². The molecular formula is C38H46ClN3O7. The molecule has 1 fully saturated rings. The number of methoxy groups -OCH3 is 1. The molecule has 2 aliphatic rings. The van der Waals surface area contributed by atoms with Crippen LogP contribution in [0.4, 0.5) is 4.79 Å². The molecule has 0 bridgehead atoms. The lowest BCUT2D eigenvalue weighted by Crippen LogP contribution is -2.47. The van der Waals surface area contributed by atoms with Gasteiger partial charge in [-0.2, -0.15) is 0 Å². The highest BCUT2D eigenvalue weighted by molar-refractivity contribution is 6.31. The molecule has 3 aromatic carbocycles. The Kier molecular flexibility index (Phi) is 13.0. The van der Waals surface area contributed by atoms with Crippen LogP contribution >= 0.6 is 11.6 Å². The number of nitrogens with zero attached hydrogens (tertiary/aromatic N) is 1. The predicted octanol–water partition coefficient (Wildman–Crippen LogP) is 6.20. The van der Waals surface area contributed by atoms with Gasteiger partial charge in [-0.3, -0.25) is 4.79 Å². The van der Waals surface area contributed by atoms with Gasteiger partial charge in [0.25, 0.3) is 5.91 Å². The number of hydrogen-bond acceptors (Lipinski definition) is 8. The fraction of sp³-hybridized carbons (Fsp3) is 0.421. The first-order valence-corrected chi connectivity index (χ1v) is 17.0. The molecule has 0 unspecified atom stereocenters. The Balaban J connectivity index is 1.35. The average molecular weight is 692 g/mol. The summed E-state index contributed by atoms with van der Waals surface area (Å²) >= 11 is 6.65. The lowest BCUT2D eigenvalue weighted by Gasteiger charge is -2.33. The first-order valence-electron chi connectivity index (χ1n) is 16.7. The van der Waals surface area contributed by atoms with Crippen LogP contribution in [0.2, 0.25) is 5.02 Å². The minimum absolute atomic E-state index is 0.0530. The fourth-order valence-corrected chi connectivity index (χ4v) is 6.20. The zero-order valence-corrected chi connectivity index (χ0v) is 29.4. The van der Waals surface area contributed by atoms with Crippen molar-refractivity contribution in [3.8, 4) is 11.5 Å². The maximum Gasteiger partial charge on any atom is 0.407 e. The van der Waals surface area contributed by atoms with Crippen LogP contribution in [0.15, 0.2) is 66.2 Å². The number of alkyl carbamates (subject to hydrolysis) is 1. The van der Waals surface area contributed by atoms with Crippen molar-refractivity contribution in [3.63, 3.8) is 0 Å². The van der Waals surface area contributed by atoms with Gasteiger partial charge in [-0.15, -0.1) is 0 Å². The molecule has 0 spiro atoms. The second-order valence-electron chi connectivity index (χ2n) is 12.3. The van der Waals surface area contributed by atoms with Crippen LogP contribution in [0.1, 0.15) is 47.1 Å². The lowest BCUT2D eigenvalue weighted by atomic mass is 9.88. The minimum Gasteiger partial charge on any atom is -0.490 e. The van der Waals surface area contributed by atoms with Crippen LogP contribution < -0.4 is 20.1 Å². The third-order valence-electron chi connectivity index (χ3n) is 8.64. The number of aryl methyl sites for hydroxylation is 2. The number of hydrogen-bond donors (Lipinski definition) is 2. The maximum atomic E-state index is 14.6. The van der Waals surface area contributed by atoms with Gasteiger partial charge in [-0.05, 0) is 97.3 Å². The first kappa shape index (κ1) is 36.2. The van der Waals surface area contributed by atoms with Crippen molar-refractivity contribution in [1.82, 2.24) is 15.5 Å². The van der Waals surface area contributed by atoms with Crippen molar-refractivity contribution < 1.29 is 33.3 Å². The van der Waals surface area contributed by atoms with E-state index >= 15 is 0 Å². The summed E-state index contributed by atoms with van der Waals surface area (Å²) < 4.78 is 28.2. The minimum atomic E-state index is -0.515. The molecule has 11 heteroatoms. The summed E-state index contributed by atoms with van der Waals surface area (Å²) in [5.74, 6) is 1.57. The molecule has 10 nitrogen and oxygen atoms in total. The van der Waals surface area contributed by atoms with Crippen LogP contribution in [0.3, 0.4) is 0 Å². The van der Waals surface area contributed by atoms with Gasteiger partial charge in [0.05, 0.1) is 12.6 Å². The largest absolute Gasteiger partial charge is 0.490 e. The Bertz CT molecular complexity index is 1600. The van der Waals surface area contributed by atoms with Crippen LogP contribution in [-0.4, -0.2) is 76.3 Å². The summed E-state index contributed by atoms with van der Waals surface area (Å²) in [7, 11) is 3.09. The third-order valence-corrected chi connectivity index (χ3v) is 9.01. The standard InChI is InChI=1S/C38H46ClN3O7/c1-25-6-5-7-26(2)36(25)48-19-18-47-31-13-9-28(10-14-31)32-16-17-41-34(23-46-24-45-4)35(32)37(43)42(30-11-12-30)21-29-20-27(8-15-33(29)39)22-49-38(44)40-3/h5-10,13-15,20,30,34,41H,11-12,16-19,21-24H2,1-4H3,(H,40,44)/t34-/m1/s1. The topological polar surface area (TPSA) is 108 Å². The molecule has 262 valence electrons. The van der Waals surface area contributed by atoms with E-state index < -0.39 is 6.09 Å². The average Bonchev–Trinajstić information content (AvgIpc) is 3.95. The zero-order valence-electron chi connectivity index (χ0n) is 28.7. The second kappa shape index (κ2) is 17.5. The number of amides is 2. The summed E-state index contributed by atoms with van der Waals surface area (Å²) in [5.41, 5.74) is 6.39. The van der Waals surface area contributed by atoms with Crippen molar-refractivity contribution in [2.75, 3.05) is 47.3 Å². The Morgan fingerprint density at radius 2 is 1.73 bits per heavy atom. The van der Waals surface area contributed by atoms with E-state index in [2.05, 4.69) is 10.6 Å². The molecule has 5 rings (SSSR count). The van der Waals surface area contributed by atoms with Crippen molar-refractivity contribution >= 4 is 29.2 Å². The summed E-state index contributed by atoms with van der Waals surface area (Å²) in [5, 5.41) is 6.50. The number of rotatable bonds is 16. The highest BCUT2D eigenvalue weighted by atomic mass is 35.5. The molecule has 1 saturated carbocycles. The number of carbonyl (C=O) groups is 2. The number of para-hydroxylation sites is 1. The van der Waals surface area contributed by atoms with Crippen LogP contribution in [0, 0.1) is 13.8 Å². The molecule has 0 aromatic heterocycles.